The standard InChI is InChI=1S/2C7H8O2/c1-9-7-4-2-6(8)3-5-7;1-5-4-6(8)2-3-7(5)9/h2-5,8H,1H3;2-4,8-9H,1H3. The smallest absolute Gasteiger partial charge is 0.119 e. The largest absolute Gasteiger partial charge is 0.508 e. The molecule has 0 amide bonds. The predicted molar refractivity (Wildman–Crippen MR) is 69.2 cm³/mol. The van der Waals surface area contributed by atoms with Gasteiger partial charge in [-0.1, -0.05) is 0 Å². The molecule has 0 atom stereocenters. The van der Waals surface area contributed by atoms with Crippen molar-refractivity contribution >= 4 is 0 Å². The monoisotopic (exact) mass is 248 g/mol. The summed E-state index contributed by atoms with van der Waals surface area (Å²) in [5.41, 5.74) is 0.690. The van der Waals surface area contributed by atoms with Crippen molar-refractivity contribution in [1.29, 1.82) is 0 Å². The first-order valence-electron chi connectivity index (χ1n) is 5.34. The number of aromatic hydroxyl groups is 3. The maximum absolute atomic E-state index is 8.93. The lowest BCUT2D eigenvalue weighted by Crippen LogP contribution is -1.79. The summed E-state index contributed by atoms with van der Waals surface area (Å²) in [6.07, 6.45) is 0. The first-order chi connectivity index (χ1) is 8.52. The molecule has 0 spiro atoms. The van der Waals surface area contributed by atoms with Gasteiger partial charge >= 0.3 is 0 Å². The summed E-state index contributed by atoms with van der Waals surface area (Å²) in [4.78, 5) is 0. The highest BCUT2D eigenvalue weighted by Crippen LogP contribution is 2.20. The molecule has 0 heterocycles. The molecular formula is C14H16O4. The van der Waals surface area contributed by atoms with Crippen LogP contribution in [0.5, 0.6) is 23.0 Å². The zero-order valence-corrected chi connectivity index (χ0v) is 10.3. The van der Waals surface area contributed by atoms with Crippen LogP contribution in [0.15, 0.2) is 42.5 Å². The number of phenolic OH excluding ortho intramolecular Hbond substituents is 3. The normalized spacial score (nSPS) is 9.22. The van der Waals surface area contributed by atoms with E-state index < -0.39 is 0 Å². The van der Waals surface area contributed by atoms with Crippen molar-refractivity contribution in [2.45, 2.75) is 6.92 Å². The number of hydrogen-bond donors (Lipinski definition) is 3. The molecule has 0 aliphatic rings. The third kappa shape index (κ3) is 4.25. The van der Waals surface area contributed by atoms with E-state index in [1.165, 1.54) is 18.2 Å². The van der Waals surface area contributed by atoms with Gasteiger partial charge in [0.15, 0.2) is 0 Å². The number of methoxy groups -OCH3 is 1. The van der Waals surface area contributed by atoms with Crippen molar-refractivity contribution in [2.75, 3.05) is 7.11 Å². The molecule has 96 valence electrons. The van der Waals surface area contributed by atoms with Crippen molar-refractivity contribution in [3.05, 3.63) is 48.0 Å². The molecule has 18 heavy (non-hydrogen) atoms. The molecular weight excluding hydrogens is 232 g/mol. The van der Waals surface area contributed by atoms with Crippen LogP contribution < -0.4 is 4.74 Å². The van der Waals surface area contributed by atoms with Crippen LogP contribution in [0.3, 0.4) is 0 Å². The molecule has 3 N–H and O–H groups in total. The van der Waals surface area contributed by atoms with E-state index in [1.54, 1.807) is 38.3 Å². The summed E-state index contributed by atoms with van der Waals surface area (Å²) < 4.78 is 4.86. The van der Waals surface area contributed by atoms with Gasteiger partial charge in [-0.3, -0.25) is 0 Å². The van der Waals surface area contributed by atoms with E-state index in [4.69, 9.17) is 20.1 Å². The van der Waals surface area contributed by atoms with Crippen LogP contribution >= 0.6 is 0 Å². The van der Waals surface area contributed by atoms with Crippen LogP contribution in [0.2, 0.25) is 0 Å². The van der Waals surface area contributed by atoms with Gasteiger partial charge in [-0.2, -0.15) is 0 Å². The molecule has 0 aliphatic heterocycles. The van der Waals surface area contributed by atoms with Crippen molar-refractivity contribution in [3.63, 3.8) is 0 Å². The average Bonchev–Trinajstić information content (AvgIpc) is 2.36. The van der Waals surface area contributed by atoms with E-state index in [0.29, 0.717) is 5.56 Å². The van der Waals surface area contributed by atoms with E-state index in [0.717, 1.165) is 5.75 Å². The second kappa shape index (κ2) is 6.39. The number of phenols is 3. The molecule has 0 aliphatic carbocycles. The van der Waals surface area contributed by atoms with Crippen LogP contribution in [-0.2, 0) is 0 Å². The van der Waals surface area contributed by atoms with Gasteiger partial charge in [0.2, 0.25) is 0 Å². The fourth-order valence-corrected chi connectivity index (χ4v) is 1.22. The van der Waals surface area contributed by atoms with Gasteiger partial charge in [-0.25, -0.2) is 0 Å². The predicted octanol–water partition coefficient (Wildman–Crippen LogP) is 2.81. The zero-order valence-electron chi connectivity index (χ0n) is 10.3. The molecule has 0 saturated carbocycles. The van der Waals surface area contributed by atoms with Crippen LogP contribution in [0.25, 0.3) is 0 Å². The fourth-order valence-electron chi connectivity index (χ4n) is 1.22. The maximum Gasteiger partial charge on any atom is 0.119 e. The van der Waals surface area contributed by atoms with Gasteiger partial charge in [0, 0.05) is 0 Å². The fraction of sp³-hybridized carbons (Fsp3) is 0.143. The lowest BCUT2D eigenvalue weighted by atomic mass is 10.2. The van der Waals surface area contributed by atoms with Crippen LogP contribution in [0, 0.1) is 6.92 Å². The van der Waals surface area contributed by atoms with Gasteiger partial charge in [0.05, 0.1) is 7.11 Å². The first-order valence-corrected chi connectivity index (χ1v) is 5.34. The Labute approximate surface area is 106 Å². The van der Waals surface area contributed by atoms with Crippen molar-refractivity contribution in [2.24, 2.45) is 0 Å². The average molecular weight is 248 g/mol. The van der Waals surface area contributed by atoms with Gasteiger partial charge in [0.1, 0.15) is 23.0 Å². The highest BCUT2D eigenvalue weighted by molar-refractivity contribution is 5.37. The van der Waals surface area contributed by atoms with Crippen LogP contribution in [0.4, 0.5) is 0 Å². The van der Waals surface area contributed by atoms with E-state index in [1.807, 2.05) is 0 Å². The Morgan fingerprint density at radius 1 is 0.833 bits per heavy atom. The summed E-state index contributed by atoms with van der Waals surface area (Å²) in [6, 6.07) is 11.0. The number of benzene rings is 2. The third-order valence-electron chi connectivity index (χ3n) is 2.25. The highest BCUT2D eigenvalue weighted by atomic mass is 16.5. The Morgan fingerprint density at radius 2 is 1.39 bits per heavy atom. The molecule has 0 radical (unpaired) electrons. The first kappa shape index (κ1) is 13.7. The van der Waals surface area contributed by atoms with Crippen LogP contribution in [0.1, 0.15) is 5.56 Å². The lowest BCUT2D eigenvalue weighted by Gasteiger charge is -1.96. The SMILES string of the molecule is COc1ccc(O)cc1.Cc1cc(O)ccc1O. The van der Waals surface area contributed by atoms with Gasteiger partial charge in [-0.15, -0.1) is 0 Å². The molecule has 2 aromatic carbocycles. The Kier molecular flexibility index (Phi) is 4.87. The van der Waals surface area contributed by atoms with Crippen LogP contribution in [-0.4, -0.2) is 22.4 Å². The second-order valence-electron chi connectivity index (χ2n) is 3.67. The molecule has 0 saturated heterocycles. The molecule has 2 rings (SSSR count). The maximum atomic E-state index is 8.93. The molecule has 2 aromatic rings. The van der Waals surface area contributed by atoms with E-state index in [-0.39, 0.29) is 17.2 Å². The van der Waals surface area contributed by atoms with E-state index in [9.17, 15) is 0 Å². The zero-order chi connectivity index (χ0) is 13.5. The Bertz CT molecular complexity index is 492. The van der Waals surface area contributed by atoms with Gasteiger partial charge in [-0.05, 0) is 55.0 Å². The summed E-state index contributed by atoms with van der Waals surface area (Å²) in [5, 5.41) is 26.6. The van der Waals surface area contributed by atoms with Crippen molar-refractivity contribution in [1.82, 2.24) is 0 Å². The highest BCUT2D eigenvalue weighted by Gasteiger charge is 1.93. The molecule has 0 bridgehead atoms. The second-order valence-corrected chi connectivity index (χ2v) is 3.67. The third-order valence-corrected chi connectivity index (χ3v) is 2.25. The number of aryl methyl sites for hydroxylation is 1. The van der Waals surface area contributed by atoms with Crippen molar-refractivity contribution < 1.29 is 20.1 Å². The number of ether oxygens (including phenoxy) is 1. The van der Waals surface area contributed by atoms with Gasteiger partial charge in [0.25, 0.3) is 0 Å². The molecule has 0 unspecified atom stereocenters. The quantitative estimate of drug-likeness (QED) is 0.679. The minimum atomic E-state index is 0.185. The Hall–Kier alpha value is -2.36. The molecule has 0 aromatic heterocycles. The Morgan fingerprint density at radius 3 is 1.83 bits per heavy atom. The van der Waals surface area contributed by atoms with Gasteiger partial charge < -0.3 is 20.1 Å². The summed E-state index contributed by atoms with van der Waals surface area (Å²) in [7, 11) is 1.59. The van der Waals surface area contributed by atoms with E-state index in [2.05, 4.69) is 0 Å². The summed E-state index contributed by atoms with van der Waals surface area (Å²) in [5.74, 6) is 1.42. The number of hydrogen-bond acceptors (Lipinski definition) is 4. The molecule has 4 nitrogen and oxygen atoms in total. The van der Waals surface area contributed by atoms with E-state index >= 15 is 0 Å². The van der Waals surface area contributed by atoms with Crippen molar-refractivity contribution in [3.8, 4) is 23.0 Å². The topological polar surface area (TPSA) is 69.9 Å². The minimum absolute atomic E-state index is 0.185. The Balaban J connectivity index is 0.000000180. The summed E-state index contributed by atoms with van der Waals surface area (Å²) in [6.45, 7) is 1.73. The lowest BCUT2D eigenvalue weighted by molar-refractivity contribution is 0.412. The summed E-state index contributed by atoms with van der Waals surface area (Å²) >= 11 is 0. The minimum Gasteiger partial charge on any atom is -0.508 e. The number of rotatable bonds is 1. The molecule has 0 fully saturated rings. The molecule has 4 heteroatoms.